The molecule has 0 saturated carbocycles. The molecule has 0 fully saturated rings. The summed E-state index contributed by atoms with van der Waals surface area (Å²) in [4.78, 5) is 7.38. The molecule has 0 bridgehead atoms. The Morgan fingerprint density at radius 3 is 2.39 bits per heavy atom. The molecule has 200 valence electrons. The number of aromatic nitrogens is 2. The molecule has 4 rings (SSSR count). The van der Waals surface area contributed by atoms with Gasteiger partial charge in [0.2, 0.25) is 0 Å². The Morgan fingerprint density at radius 1 is 1.00 bits per heavy atom. The summed E-state index contributed by atoms with van der Waals surface area (Å²) in [6.45, 7) is 6.90. The molecule has 1 heterocycles. The van der Waals surface area contributed by atoms with Gasteiger partial charge >= 0.3 is 0 Å². The highest BCUT2D eigenvalue weighted by atomic mass is 32.2. The number of nitrogens with one attached hydrogen (secondary N) is 2. The summed E-state index contributed by atoms with van der Waals surface area (Å²) < 4.78 is 31.5. The fraction of sp³-hybridized carbons (Fsp3) is 0.310. The van der Waals surface area contributed by atoms with E-state index in [1.54, 1.807) is 24.3 Å². The molecule has 0 aliphatic carbocycles. The monoisotopic (exact) mass is 532 g/mol. The maximum Gasteiger partial charge on any atom is 0.262 e. The van der Waals surface area contributed by atoms with Crippen molar-refractivity contribution in [2.45, 2.75) is 38.0 Å². The van der Waals surface area contributed by atoms with Gasteiger partial charge < -0.3 is 15.2 Å². The van der Waals surface area contributed by atoms with Gasteiger partial charge in [-0.2, -0.15) is 0 Å². The lowest BCUT2D eigenvalue weighted by molar-refractivity contribution is 0.307. The molecule has 0 saturated heterocycles. The van der Waals surface area contributed by atoms with Crippen molar-refractivity contribution >= 4 is 32.6 Å². The Bertz CT molecular complexity index is 1520. The molecule has 3 aromatic carbocycles. The normalized spacial score (nSPS) is 11.8. The van der Waals surface area contributed by atoms with Crippen LogP contribution >= 0.6 is 0 Å². The smallest absolute Gasteiger partial charge is 0.262 e. The second kappa shape index (κ2) is 11.8. The number of rotatable bonds is 12. The molecule has 0 aliphatic heterocycles. The van der Waals surface area contributed by atoms with E-state index in [-0.39, 0.29) is 5.84 Å². The van der Waals surface area contributed by atoms with E-state index in [1.165, 1.54) is 0 Å². The summed E-state index contributed by atoms with van der Waals surface area (Å²) in [6.07, 6.45) is 2.18. The van der Waals surface area contributed by atoms with Crippen LogP contribution in [0.1, 0.15) is 36.4 Å². The van der Waals surface area contributed by atoms with Crippen molar-refractivity contribution in [3.63, 3.8) is 0 Å². The Kier molecular flexibility index (Phi) is 8.48. The van der Waals surface area contributed by atoms with Crippen molar-refractivity contribution in [3.05, 3.63) is 89.2 Å². The van der Waals surface area contributed by atoms with Crippen LogP contribution in [0, 0.1) is 5.41 Å². The first-order valence-electron chi connectivity index (χ1n) is 12.9. The zero-order valence-electron chi connectivity index (χ0n) is 22.2. The molecule has 0 atom stereocenters. The van der Waals surface area contributed by atoms with Gasteiger partial charge in [-0.3, -0.25) is 10.1 Å². The van der Waals surface area contributed by atoms with Crippen LogP contribution in [0.5, 0.6) is 0 Å². The molecule has 8 nitrogen and oxygen atoms in total. The highest BCUT2D eigenvalue weighted by Gasteiger charge is 2.19. The molecule has 0 radical (unpaired) electrons. The van der Waals surface area contributed by atoms with Gasteiger partial charge in [0, 0.05) is 25.6 Å². The van der Waals surface area contributed by atoms with Crippen LogP contribution in [-0.2, 0) is 36.3 Å². The van der Waals surface area contributed by atoms with Crippen LogP contribution in [0.3, 0.4) is 0 Å². The van der Waals surface area contributed by atoms with Gasteiger partial charge in [-0.15, -0.1) is 0 Å². The van der Waals surface area contributed by atoms with E-state index in [0.717, 1.165) is 60.5 Å². The van der Waals surface area contributed by atoms with Gasteiger partial charge in [0.15, 0.2) is 0 Å². The zero-order chi connectivity index (χ0) is 27.3. The summed E-state index contributed by atoms with van der Waals surface area (Å²) in [7, 11) is -1.79. The third-order valence-electron chi connectivity index (χ3n) is 6.98. The predicted molar refractivity (Wildman–Crippen MR) is 154 cm³/mol. The summed E-state index contributed by atoms with van der Waals surface area (Å²) in [5.74, 6) is 0.971. The fourth-order valence-corrected chi connectivity index (χ4v) is 5.97. The van der Waals surface area contributed by atoms with Crippen LogP contribution in [0.15, 0.2) is 71.6 Å². The first-order chi connectivity index (χ1) is 18.2. The number of nitrogens with two attached hydrogens (primary N) is 1. The van der Waals surface area contributed by atoms with Gasteiger partial charge in [-0.25, -0.2) is 13.4 Å². The fourth-order valence-electron chi connectivity index (χ4n) is 4.64. The molecule has 0 amide bonds. The minimum atomic E-state index is -3.76. The van der Waals surface area contributed by atoms with E-state index in [0.29, 0.717) is 22.6 Å². The topological polar surface area (TPSA) is 117 Å². The van der Waals surface area contributed by atoms with Crippen molar-refractivity contribution in [2.24, 2.45) is 12.8 Å². The molecule has 0 spiro atoms. The van der Waals surface area contributed by atoms with Crippen molar-refractivity contribution < 1.29 is 8.42 Å². The number of benzene rings is 3. The number of anilines is 1. The summed E-state index contributed by atoms with van der Waals surface area (Å²) in [5, 5.41) is 7.53. The second-order valence-electron chi connectivity index (χ2n) is 9.39. The molecule has 38 heavy (non-hydrogen) atoms. The molecule has 9 heteroatoms. The van der Waals surface area contributed by atoms with Gasteiger partial charge in [-0.05, 0) is 61.3 Å². The Morgan fingerprint density at radius 2 is 1.71 bits per heavy atom. The number of sulfonamides is 1. The van der Waals surface area contributed by atoms with E-state index in [1.807, 2.05) is 54.1 Å². The number of likely N-dealkylation sites (N-methyl/N-ethyl adjacent to an activating group) is 1. The van der Waals surface area contributed by atoms with E-state index in [2.05, 4.69) is 23.5 Å². The zero-order valence-corrected chi connectivity index (χ0v) is 23.1. The Labute approximate surface area is 225 Å². The number of hydrogen-bond donors (Lipinski definition) is 3. The number of imidazole rings is 1. The number of hydrogen-bond acceptors (Lipinski definition) is 5. The minimum Gasteiger partial charge on any atom is -0.384 e. The summed E-state index contributed by atoms with van der Waals surface area (Å²) in [5.41, 5.74) is 10.4. The van der Waals surface area contributed by atoms with E-state index < -0.39 is 10.0 Å². The van der Waals surface area contributed by atoms with Crippen LogP contribution in [0.25, 0.3) is 11.0 Å². The van der Waals surface area contributed by atoms with Crippen molar-refractivity contribution in [1.29, 1.82) is 5.41 Å². The number of nitrogens with zero attached hydrogens (tertiary/aromatic N) is 3. The lowest BCUT2D eigenvalue weighted by atomic mass is 10.1. The van der Waals surface area contributed by atoms with E-state index >= 15 is 0 Å². The molecular weight excluding hydrogens is 496 g/mol. The maximum absolute atomic E-state index is 13.4. The van der Waals surface area contributed by atoms with Gasteiger partial charge in [-0.1, -0.05) is 56.3 Å². The average Bonchev–Trinajstić information content (AvgIpc) is 3.22. The number of nitrogen functional groups attached to an aromatic ring is 1. The molecule has 1 aromatic heterocycles. The number of fused-ring (bicyclic) bond motifs is 1. The predicted octanol–water partition coefficient (Wildman–Crippen LogP) is 4.33. The Hall–Kier alpha value is -3.69. The van der Waals surface area contributed by atoms with Gasteiger partial charge in [0.1, 0.15) is 11.7 Å². The standard InChI is InChI=1S/C29H36N6O2S/c1-4-35(5-2)19-18-22-8-6-7-9-27(22)38(36,37)33-24-15-16-26-25(20-24)32-28(34(26)3)17-12-21-10-13-23(14-11-21)29(30)31/h6-11,13-16,20,33H,4-5,12,17-19H2,1-3H3,(H3,30,31). The minimum absolute atomic E-state index is 0.0569. The molecule has 4 N–H and O–H groups in total. The highest BCUT2D eigenvalue weighted by molar-refractivity contribution is 7.92. The van der Waals surface area contributed by atoms with E-state index in [9.17, 15) is 8.42 Å². The second-order valence-corrected chi connectivity index (χ2v) is 11.0. The lowest BCUT2D eigenvalue weighted by Crippen LogP contribution is -2.26. The van der Waals surface area contributed by atoms with Gasteiger partial charge in [0.05, 0.1) is 21.6 Å². The quantitative estimate of drug-likeness (QED) is 0.185. The molecule has 4 aromatic rings. The van der Waals surface area contributed by atoms with Crippen molar-refractivity contribution in [2.75, 3.05) is 24.4 Å². The van der Waals surface area contributed by atoms with Crippen LogP contribution in [0.2, 0.25) is 0 Å². The third kappa shape index (κ3) is 6.23. The maximum atomic E-state index is 13.4. The Balaban J connectivity index is 1.50. The molecule has 0 aliphatic rings. The van der Waals surface area contributed by atoms with Crippen molar-refractivity contribution in [3.8, 4) is 0 Å². The first-order valence-corrected chi connectivity index (χ1v) is 14.4. The van der Waals surface area contributed by atoms with Crippen LogP contribution in [-0.4, -0.2) is 48.3 Å². The summed E-state index contributed by atoms with van der Waals surface area (Å²) in [6, 6.07) is 20.3. The van der Waals surface area contributed by atoms with Crippen LogP contribution < -0.4 is 10.5 Å². The molecule has 0 unspecified atom stereocenters. The average molecular weight is 533 g/mol. The highest BCUT2D eigenvalue weighted by Crippen LogP contribution is 2.24. The van der Waals surface area contributed by atoms with Gasteiger partial charge in [0.25, 0.3) is 10.0 Å². The lowest BCUT2D eigenvalue weighted by Gasteiger charge is -2.19. The number of aryl methyl sites for hydroxylation is 3. The first kappa shape index (κ1) is 27.3. The summed E-state index contributed by atoms with van der Waals surface area (Å²) >= 11 is 0. The molecular formula is C29H36N6O2S. The largest absolute Gasteiger partial charge is 0.384 e. The van der Waals surface area contributed by atoms with E-state index in [4.69, 9.17) is 16.1 Å². The van der Waals surface area contributed by atoms with Crippen molar-refractivity contribution in [1.82, 2.24) is 14.5 Å². The SMILES string of the molecule is CCN(CC)CCc1ccccc1S(=O)(=O)Nc1ccc2c(c1)nc(CCc1ccc(C(=N)N)cc1)n2C. The number of amidine groups is 1. The van der Waals surface area contributed by atoms with Crippen LogP contribution in [0.4, 0.5) is 5.69 Å². The third-order valence-corrected chi connectivity index (χ3v) is 8.46.